The standard InChI is InChI=1S/C18H14F2N2OS/c1-10-6-7-11(2)15(8-10)21-18-22-17(23)16(24-18)9-12-13(19)4-3-5-14(12)20/h3-9H,1-2H3,(H,21,22,23)/b16-9+. The van der Waals surface area contributed by atoms with E-state index in [4.69, 9.17) is 0 Å². The predicted molar refractivity (Wildman–Crippen MR) is 93.1 cm³/mol. The lowest BCUT2D eigenvalue weighted by Crippen LogP contribution is -2.19. The molecule has 1 aliphatic heterocycles. The number of nitrogens with one attached hydrogen (secondary N) is 1. The molecule has 0 unspecified atom stereocenters. The smallest absolute Gasteiger partial charge is 0.264 e. The van der Waals surface area contributed by atoms with Gasteiger partial charge in [-0.3, -0.25) is 4.79 Å². The summed E-state index contributed by atoms with van der Waals surface area (Å²) in [6.07, 6.45) is 1.20. The van der Waals surface area contributed by atoms with Crippen molar-refractivity contribution in [2.45, 2.75) is 13.8 Å². The van der Waals surface area contributed by atoms with Gasteiger partial charge in [-0.1, -0.05) is 18.2 Å². The molecule has 0 saturated carbocycles. The molecule has 1 N–H and O–H groups in total. The number of thioether (sulfide) groups is 1. The highest BCUT2D eigenvalue weighted by molar-refractivity contribution is 8.18. The number of amidine groups is 1. The van der Waals surface area contributed by atoms with E-state index in [9.17, 15) is 13.6 Å². The van der Waals surface area contributed by atoms with Crippen LogP contribution in [0.1, 0.15) is 16.7 Å². The van der Waals surface area contributed by atoms with E-state index in [0.29, 0.717) is 5.17 Å². The molecule has 0 aromatic heterocycles. The lowest BCUT2D eigenvalue weighted by atomic mass is 10.1. The molecule has 6 heteroatoms. The van der Waals surface area contributed by atoms with Gasteiger partial charge in [-0.05, 0) is 61.0 Å². The number of carbonyl (C=O) groups excluding carboxylic acids is 1. The Morgan fingerprint density at radius 1 is 1.12 bits per heavy atom. The highest BCUT2D eigenvalue weighted by Crippen LogP contribution is 2.30. The van der Waals surface area contributed by atoms with E-state index in [-0.39, 0.29) is 10.5 Å². The first-order valence-corrected chi connectivity index (χ1v) is 8.06. The average Bonchev–Trinajstić information content (AvgIpc) is 2.86. The van der Waals surface area contributed by atoms with Crippen molar-refractivity contribution in [3.8, 4) is 0 Å². The minimum Gasteiger partial charge on any atom is -0.300 e. The largest absolute Gasteiger partial charge is 0.300 e. The molecule has 0 bridgehead atoms. The zero-order valence-corrected chi connectivity index (χ0v) is 13.9. The number of hydrogen-bond donors (Lipinski definition) is 1. The first-order valence-electron chi connectivity index (χ1n) is 7.25. The Labute approximate surface area is 142 Å². The van der Waals surface area contributed by atoms with Crippen LogP contribution in [0.3, 0.4) is 0 Å². The topological polar surface area (TPSA) is 41.5 Å². The number of halogens is 2. The zero-order chi connectivity index (χ0) is 17.3. The van der Waals surface area contributed by atoms with E-state index in [1.165, 1.54) is 12.1 Å². The van der Waals surface area contributed by atoms with Crippen LogP contribution in [0.5, 0.6) is 0 Å². The molecular formula is C18H14F2N2OS. The van der Waals surface area contributed by atoms with E-state index < -0.39 is 17.5 Å². The Balaban J connectivity index is 1.92. The molecule has 1 amide bonds. The molecule has 24 heavy (non-hydrogen) atoms. The Kier molecular flexibility index (Phi) is 4.49. The summed E-state index contributed by atoms with van der Waals surface area (Å²) in [4.78, 5) is 16.6. The molecule has 0 atom stereocenters. The van der Waals surface area contributed by atoms with Crippen molar-refractivity contribution in [2.75, 3.05) is 0 Å². The van der Waals surface area contributed by atoms with Gasteiger partial charge in [0.1, 0.15) is 11.6 Å². The maximum absolute atomic E-state index is 13.7. The minimum absolute atomic E-state index is 0.197. The first-order chi connectivity index (χ1) is 11.4. The molecule has 3 nitrogen and oxygen atoms in total. The number of amides is 1. The van der Waals surface area contributed by atoms with Crippen molar-refractivity contribution in [1.82, 2.24) is 5.32 Å². The molecule has 0 spiro atoms. The van der Waals surface area contributed by atoms with E-state index in [2.05, 4.69) is 10.3 Å². The van der Waals surface area contributed by atoms with Crippen LogP contribution in [0, 0.1) is 25.5 Å². The molecule has 2 aromatic rings. The van der Waals surface area contributed by atoms with Crippen molar-refractivity contribution in [3.05, 3.63) is 69.6 Å². The Bertz CT molecular complexity index is 870. The molecule has 122 valence electrons. The number of benzene rings is 2. The van der Waals surface area contributed by atoms with E-state index in [1.54, 1.807) is 0 Å². The molecule has 0 radical (unpaired) electrons. The molecule has 1 aliphatic rings. The third-order valence-electron chi connectivity index (χ3n) is 3.51. The number of rotatable bonds is 2. The quantitative estimate of drug-likeness (QED) is 0.817. The summed E-state index contributed by atoms with van der Waals surface area (Å²) in [5.41, 5.74) is 2.54. The molecule has 2 aromatic carbocycles. The van der Waals surface area contributed by atoms with Crippen LogP contribution in [-0.4, -0.2) is 11.1 Å². The lowest BCUT2D eigenvalue weighted by Gasteiger charge is -2.02. The van der Waals surface area contributed by atoms with Crippen molar-refractivity contribution in [2.24, 2.45) is 4.99 Å². The molecular weight excluding hydrogens is 330 g/mol. The van der Waals surface area contributed by atoms with Gasteiger partial charge < -0.3 is 5.32 Å². The number of hydrogen-bond acceptors (Lipinski definition) is 3. The van der Waals surface area contributed by atoms with Crippen molar-refractivity contribution in [3.63, 3.8) is 0 Å². The lowest BCUT2D eigenvalue weighted by molar-refractivity contribution is -0.115. The molecule has 3 rings (SSSR count). The van der Waals surface area contributed by atoms with Gasteiger partial charge in [-0.2, -0.15) is 0 Å². The summed E-state index contributed by atoms with van der Waals surface area (Å²) in [6, 6.07) is 9.42. The van der Waals surface area contributed by atoms with Gasteiger partial charge in [0.15, 0.2) is 5.17 Å². The van der Waals surface area contributed by atoms with Gasteiger partial charge in [-0.15, -0.1) is 0 Å². The highest BCUT2D eigenvalue weighted by Gasteiger charge is 2.25. The van der Waals surface area contributed by atoms with Crippen LogP contribution < -0.4 is 5.32 Å². The SMILES string of the molecule is Cc1ccc(C)c(N=C2NC(=O)/C(=C\c3c(F)cccc3F)S2)c1. The van der Waals surface area contributed by atoms with Gasteiger partial charge in [-0.25, -0.2) is 13.8 Å². The fourth-order valence-electron chi connectivity index (χ4n) is 2.21. The van der Waals surface area contributed by atoms with Gasteiger partial charge in [0.2, 0.25) is 0 Å². The van der Waals surface area contributed by atoms with Crippen LogP contribution in [0.15, 0.2) is 46.3 Å². The number of carbonyl (C=O) groups is 1. The summed E-state index contributed by atoms with van der Waals surface area (Å²) in [5, 5.41) is 3.00. The summed E-state index contributed by atoms with van der Waals surface area (Å²) in [6.45, 7) is 3.88. The Morgan fingerprint density at radius 3 is 2.54 bits per heavy atom. The van der Waals surface area contributed by atoms with E-state index in [1.807, 2.05) is 32.0 Å². The normalized spacial score (nSPS) is 17.6. The zero-order valence-electron chi connectivity index (χ0n) is 13.1. The fraction of sp³-hybridized carbons (Fsp3) is 0.111. The second kappa shape index (κ2) is 6.57. The second-order valence-corrected chi connectivity index (χ2v) is 6.44. The second-order valence-electron chi connectivity index (χ2n) is 5.41. The monoisotopic (exact) mass is 344 g/mol. The Hall–Kier alpha value is -2.47. The van der Waals surface area contributed by atoms with Crippen molar-refractivity contribution >= 4 is 34.6 Å². The van der Waals surface area contributed by atoms with Gasteiger partial charge >= 0.3 is 0 Å². The predicted octanol–water partition coefficient (Wildman–Crippen LogP) is 4.47. The number of aliphatic imine (C=N–C) groups is 1. The Morgan fingerprint density at radius 2 is 1.83 bits per heavy atom. The summed E-state index contributed by atoms with van der Waals surface area (Å²) < 4.78 is 27.4. The van der Waals surface area contributed by atoms with Crippen LogP contribution in [0.25, 0.3) is 6.08 Å². The number of aryl methyl sites for hydroxylation is 2. The van der Waals surface area contributed by atoms with Crippen LogP contribution in [0.4, 0.5) is 14.5 Å². The molecule has 1 heterocycles. The van der Waals surface area contributed by atoms with Crippen molar-refractivity contribution in [1.29, 1.82) is 0 Å². The van der Waals surface area contributed by atoms with E-state index >= 15 is 0 Å². The summed E-state index contributed by atoms with van der Waals surface area (Å²) in [5.74, 6) is -1.85. The molecule has 1 saturated heterocycles. The molecule has 1 fully saturated rings. The van der Waals surface area contributed by atoms with Gasteiger partial charge in [0, 0.05) is 5.56 Å². The minimum atomic E-state index is -0.712. The first kappa shape index (κ1) is 16.4. The summed E-state index contributed by atoms with van der Waals surface area (Å²) in [7, 11) is 0. The van der Waals surface area contributed by atoms with Crippen molar-refractivity contribution < 1.29 is 13.6 Å². The number of nitrogens with zero attached hydrogens (tertiary/aromatic N) is 1. The molecule has 0 aliphatic carbocycles. The average molecular weight is 344 g/mol. The van der Waals surface area contributed by atoms with Gasteiger partial charge in [0.25, 0.3) is 5.91 Å². The third kappa shape index (κ3) is 3.38. The fourth-order valence-corrected chi connectivity index (χ4v) is 3.03. The highest BCUT2D eigenvalue weighted by atomic mass is 32.2. The maximum Gasteiger partial charge on any atom is 0.264 e. The maximum atomic E-state index is 13.7. The van der Waals surface area contributed by atoms with E-state index in [0.717, 1.165) is 40.7 Å². The third-order valence-corrected chi connectivity index (χ3v) is 4.42. The summed E-state index contributed by atoms with van der Waals surface area (Å²) >= 11 is 1.06. The van der Waals surface area contributed by atoms with Gasteiger partial charge in [0.05, 0.1) is 10.6 Å². The van der Waals surface area contributed by atoms with Crippen LogP contribution >= 0.6 is 11.8 Å². The van der Waals surface area contributed by atoms with Crippen LogP contribution in [-0.2, 0) is 4.79 Å². The van der Waals surface area contributed by atoms with Crippen LogP contribution in [0.2, 0.25) is 0 Å².